The highest BCUT2D eigenvalue weighted by Gasteiger charge is 2.13. The molecule has 2 aromatic rings. The standard InChI is InChI=1S/C13H10Cl2N2O2/c14-9-3-1-2-8(12(9)15)13(19)17-11-5-4-7(18)6-10(11)16/h1-6,18H,16H2,(H,17,19). The predicted molar refractivity (Wildman–Crippen MR) is 76.9 cm³/mol. The van der Waals surface area contributed by atoms with E-state index >= 15 is 0 Å². The van der Waals surface area contributed by atoms with E-state index in [1.54, 1.807) is 18.2 Å². The van der Waals surface area contributed by atoms with E-state index in [9.17, 15) is 9.90 Å². The van der Waals surface area contributed by atoms with E-state index < -0.39 is 5.91 Å². The Bertz CT molecular complexity index is 645. The quantitative estimate of drug-likeness (QED) is 0.586. The van der Waals surface area contributed by atoms with Crippen molar-refractivity contribution in [3.8, 4) is 5.75 Å². The summed E-state index contributed by atoms with van der Waals surface area (Å²) >= 11 is 11.8. The normalized spacial score (nSPS) is 10.2. The molecule has 0 aromatic heterocycles. The maximum atomic E-state index is 12.1. The third-order valence-corrected chi connectivity index (χ3v) is 3.30. The molecule has 0 atom stereocenters. The molecule has 0 heterocycles. The van der Waals surface area contributed by atoms with Crippen LogP contribution in [0.25, 0.3) is 0 Å². The van der Waals surface area contributed by atoms with E-state index in [1.165, 1.54) is 18.2 Å². The van der Waals surface area contributed by atoms with Gasteiger partial charge >= 0.3 is 0 Å². The molecule has 0 spiro atoms. The molecule has 2 aromatic carbocycles. The summed E-state index contributed by atoms with van der Waals surface area (Å²) in [5.41, 5.74) is 6.58. The minimum atomic E-state index is -0.426. The molecule has 0 saturated heterocycles. The number of phenols is 1. The van der Waals surface area contributed by atoms with E-state index in [1.807, 2.05) is 0 Å². The Morgan fingerprint density at radius 1 is 1.21 bits per heavy atom. The van der Waals surface area contributed by atoms with Gasteiger partial charge in [0.1, 0.15) is 5.75 Å². The lowest BCUT2D eigenvalue weighted by Crippen LogP contribution is -2.13. The lowest BCUT2D eigenvalue weighted by atomic mass is 10.2. The number of nitrogens with one attached hydrogen (secondary N) is 1. The van der Waals surface area contributed by atoms with Crippen LogP contribution in [0.3, 0.4) is 0 Å². The molecule has 0 fully saturated rings. The number of nitrogen functional groups attached to an aromatic ring is 1. The lowest BCUT2D eigenvalue weighted by Gasteiger charge is -2.10. The van der Waals surface area contributed by atoms with Gasteiger partial charge in [0.05, 0.1) is 27.0 Å². The Morgan fingerprint density at radius 3 is 2.63 bits per heavy atom. The predicted octanol–water partition coefficient (Wildman–Crippen LogP) is 3.53. The minimum absolute atomic E-state index is 0.0243. The van der Waals surface area contributed by atoms with E-state index in [2.05, 4.69) is 5.32 Å². The van der Waals surface area contributed by atoms with Crippen molar-refractivity contribution in [1.82, 2.24) is 0 Å². The monoisotopic (exact) mass is 296 g/mol. The fraction of sp³-hybridized carbons (Fsp3) is 0. The smallest absolute Gasteiger partial charge is 0.257 e. The summed E-state index contributed by atoms with van der Waals surface area (Å²) in [5.74, 6) is -0.402. The zero-order chi connectivity index (χ0) is 14.0. The third-order valence-electron chi connectivity index (χ3n) is 2.48. The van der Waals surface area contributed by atoms with Crippen LogP contribution in [0.2, 0.25) is 10.0 Å². The molecule has 2 rings (SSSR count). The van der Waals surface area contributed by atoms with Gasteiger partial charge in [-0.1, -0.05) is 29.3 Å². The number of aromatic hydroxyl groups is 1. The van der Waals surface area contributed by atoms with Gasteiger partial charge in [0.2, 0.25) is 0 Å². The largest absolute Gasteiger partial charge is 0.508 e. The summed E-state index contributed by atoms with van der Waals surface area (Å²) in [6.07, 6.45) is 0. The molecule has 98 valence electrons. The molecule has 0 aliphatic carbocycles. The van der Waals surface area contributed by atoms with Gasteiger partial charge in [0.15, 0.2) is 0 Å². The third kappa shape index (κ3) is 2.92. The van der Waals surface area contributed by atoms with Crippen LogP contribution >= 0.6 is 23.2 Å². The number of benzene rings is 2. The van der Waals surface area contributed by atoms with Crippen molar-refractivity contribution in [2.24, 2.45) is 0 Å². The van der Waals surface area contributed by atoms with Crippen LogP contribution in [0.15, 0.2) is 36.4 Å². The van der Waals surface area contributed by atoms with Gasteiger partial charge in [-0.2, -0.15) is 0 Å². The van der Waals surface area contributed by atoms with Gasteiger partial charge in [0, 0.05) is 6.07 Å². The number of hydrogen-bond donors (Lipinski definition) is 3. The van der Waals surface area contributed by atoms with Gasteiger partial charge in [-0.25, -0.2) is 0 Å². The molecule has 0 saturated carbocycles. The van der Waals surface area contributed by atoms with Gasteiger partial charge < -0.3 is 16.2 Å². The Kier molecular flexibility index (Phi) is 3.83. The van der Waals surface area contributed by atoms with E-state index in [-0.39, 0.29) is 22.0 Å². The fourth-order valence-electron chi connectivity index (χ4n) is 1.53. The number of rotatable bonds is 2. The number of nitrogens with two attached hydrogens (primary N) is 1. The van der Waals surface area contributed by atoms with E-state index in [0.29, 0.717) is 10.7 Å². The molecule has 1 amide bonds. The van der Waals surface area contributed by atoms with Crippen molar-refractivity contribution >= 4 is 40.5 Å². The molecule has 4 N–H and O–H groups in total. The zero-order valence-corrected chi connectivity index (χ0v) is 11.2. The average Bonchev–Trinajstić information content (AvgIpc) is 2.36. The first kappa shape index (κ1) is 13.5. The van der Waals surface area contributed by atoms with Crippen LogP contribution in [0.5, 0.6) is 5.75 Å². The van der Waals surface area contributed by atoms with Crippen LogP contribution in [-0.2, 0) is 0 Å². The van der Waals surface area contributed by atoms with Crippen molar-refractivity contribution in [2.75, 3.05) is 11.1 Å². The summed E-state index contributed by atoms with van der Waals surface area (Å²) in [6.45, 7) is 0. The van der Waals surface area contributed by atoms with Crippen LogP contribution in [0.4, 0.5) is 11.4 Å². The molecule has 0 unspecified atom stereocenters. The summed E-state index contributed by atoms with van der Waals surface area (Å²) in [4.78, 5) is 12.1. The molecule has 0 bridgehead atoms. The molecule has 0 aliphatic rings. The Morgan fingerprint density at radius 2 is 1.95 bits per heavy atom. The molecule has 0 aliphatic heterocycles. The summed E-state index contributed by atoms with van der Waals surface area (Å²) in [5, 5.41) is 12.3. The van der Waals surface area contributed by atoms with Gasteiger partial charge in [-0.05, 0) is 24.3 Å². The topological polar surface area (TPSA) is 75.3 Å². The second-order valence-electron chi connectivity index (χ2n) is 3.83. The number of carbonyl (C=O) groups excluding carboxylic acids is 1. The molecule has 6 heteroatoms. The van der Waals surface area contributed by atoms with Gasteiger partial charge in [0.25, 0.3) is 5.91 Å². The second-order valence-corrected chi connectivity index (χ2v) is 4.61. The summed E-state index contributed by atoms with van der Waals surface area (Å²) < 4.78 is 0. The molecule has 0 radical (unpaired) electrons. The zero-order valence-electron chi connectivity index (χ0n) is 9.65. The number of halogens is 2. The number of hydrogen-bond acceptors (Lipinski definition) is 3. The highest BCUT2D eigenvalue weighted by Crippen LogP contribution is 2.28. The molecule has 4 nitrogen and oxygen atoms in total. The summed E-state index contributed by atoms with van der Waals surface area (Å²) in [6, 6.07) is 9.04. The fourth-order valence-corrected chi connectivity index (χ4v) is 1.92. The Balaban J connectivity index is 2.28. The first-order valence-electron chi connectivity index (χ1n) is 5.33. The van der Waals surface area contributed by atoms with E-state index in [4.69, 9.17) is 28.9 Å². The van der Waals surface area contributed by atoms with Gasteiger partial charge in [-0.3, -0.25) is 4.79 Å². The van der Waals surface area contributed by atoms with Crippen molar-refractivity contribution in [1.29, 1.82) is 0 Å². The molecule has 19 heavy (non-hydrogen) atoms. The minimum Gasteiger partial charge on any atom is -0.508 e. The SMILES string of the molecule is Nc1cc(O)ccc1NC(=O)c1cccc(Cl)c1Cl. The summed E-state index contributed by atoms with van der Waals surface area (Å²) in [7, 11) is 0. The van der Waals surface area contributed by atoms with Gasteiger partial charge in [-0.15, -0.1) is 0 Å². The first-order valence-corrected chi connectivity index (χ1v) is 6.08. The van der Waals surface area contributed by atoms with Crippen LogP contribution in [-0.4, -0.2) is 11.0 Å². The number of amides is 1. The number of carbonyl (C=O) groups is 1. The van der Waals surface area contributed by atoms with Crippen molar-refractivity contribution in [3.63, 3.8) is 0 Å². The molecular weight excluding hydrogens is 287 g/mol. The highest BCUT2D eigenvalue weighted by atomic mass is 35.5. The highest BCUT2D eigenvalue weighted by molar-refractivity contribution is 6.44. The lowest BCUT2D eigenvalue weighted by molar-refractivity contribution is 0.102. The molecular formula is C13H10Cl2N2O2. The van der Waals surface area contributed by atoms with Crippen molar-refractivity contribution in [3.05, 3.63) is 52.0 Å². The first-order chi connectivity index (χ1) is 8.99. The number of anilines is 2. The maximum absolute atomic E-state index is 12.1. The van der Waals surface area contributed by atoms with Crippen molar-refractivity contribution < 1.29 is 9.90 Å². The van der Waals surface area contributed by atoms with Crippen LogP contribution in [0.1, 0.15) is 10.4 Å². The maximum Gasteiger partial charge on any atom is 0.257 e. The number of phenolic OH excluding ortho intramolecular Hbond substituents is 1. The van der Waals surface area contributed by atoms with E-state index in [0.717, 1.165) is 0 Å². The van der Waals surface area contributed by atoms with Crippen LogP contribution < -0.4 is 11.1 Å². The Hall–Kier alpha value is -1.91. The van der Waals surface area contributed by atoms with Crippen molar-refractivity contribution in [2.45, 2.75) is 0 Å². The van der Waals surface area contributed by atoms with Crippen LogP contribution in [0, 0.1) is 0 Å². The average molecular weight is 297 g/mol. The second kappa shape index (κ2) is 5.38. The Labute approximate surface area is 119 Å².